The number of H-pyrrole nitrogens is 1. The summed E-state index contributed by atoms with van der Waals surface area (Å²) in [4.78, 5) is 3.21. The minimum Gasteiger partial charge on any atom is -0.379 e. The van der Waals surface area contributed by atoms with Crippen LogP contribution in [0.25, 0.3) is 10.9 Å². The number of anilines is 1. The van der Waals surface area contributed by atoms with Gasteiger partial charge in [-0.3, -0.25) is 0 Å². The monoisotopic (exact) mass is 314 g/mol. The maximum Gasteiger partial charge on any atom is 0.0486 e. The highest BCUT2D eigenvalue weighted by atomic mass is 79.9. The lowest BCUT2D eigenvalue weighted by Crippen LogP contribution is -2.06. The zero-order valence-corrected chi connectivity index (χ0v) is 12.2. The Bertz CT molecular complexity index is 703. The van der Waals surface area contributed by atoms with Crippen molar-refractivity contribution in [2.75, 3.05) is 5.32 Å². The van der Waals surface area contributed by atoms with E-state index in [1.54, 1.807) is 0 Å². The van der Waals surface area contributed by atoms with Crippen molar-refractivity contribution in [1.29, 1.82) is 0 Å². The molecule has 0 bridgehead atoms. The van der Waals surface area contributed by atoms with E-state index < -0.39 is 0 Å². The molecule has 2 N–H and O–H groups in total. The van der Waals surface area contributed by atoms with Gasteiger partial charge in [-0.1, -0.05) is 28.1 Å². The average molecular weight is 315 g/mol. The summed E-state index contributed by atoms with van der Waals surface area (Å²) in [6, 6.07) is 17.1. The van der Waals surface area contributed by atoms with Gasteiger partial charge in [0.05, 0.1) is 0 Å². The molecule has 0 radical (unpaired) electrons. The quantitative estimate of drug-likeness (QED) is 0.691. The molecule has 96 valence electrons. The molecule has 0 aliphatic carbocycles. The molecule has 19 heavy (non-hydrogen) atoms. The molecule has 0 amide bonds. The molecule has 1 atom stereocenters. The van der Waals surface area contributed by atoms with Crippen LogP contribution in [0.5, 0.6) is 0 Å². The largest absolute Gasteiger partial charge is 0.379 e. The maximum atomic E-state index is 3.53. The van der Waals surface area contributed by atoms with Crippen LogP contribution < -0.4 is 5.32 Å². The Morgan fingerprint density at radius 2 is 2.00 bits per heavy atom. The van der Waals surface area contributed by atoms with E-state index in [9.17, 15) is 0 Å². The summed E-state index contributed by atoms with van der Waals surface area (Å²) in [7, 11) is 0. The number of hydrogen-bond donors (Lipinski definition) is 2. The standard InChI is InChI=1S/C16H15BrN2/c1-11(12-3-2-4-14(17)9-12)19-15-5-6-16-13(10-15)7-8-18-16/h2-11,18-19H,1H3. The van der Waals surface area contributed by atoms with Gasteiger partial charge < -0.3 is 10.3 Å². The zero-order valence-electron chi connectivity index (χ0n) is 10.7. The SMILES string of the molecule is CC(Nc1ccc2[nH]ccc2c1)c1cccc(Br)c1. The number of benzene rings is 2. The van der Waals surface area contributed by atoms with Crippen LogP contribution in [-0.4, -0.2) is 4.98 Å². The van der Waals surface area contributed by atoms with Gasteiger partial charge in [-0.25, -0.2) is 0 Å². The molecular formula is C16H15BrN2. The van der Waals surface area contributed by atoms with Crippen molar-refractivity contribution in [2.24, 2.45) is 0 Å². The van der Waals surface area contributed by atoms with Gasteiger partial charge in [0, 0.05) is 33.3 Å². The molecule has 1 heterocycles. The smallest absolute Gasteiger partial charge is 0.0486 e. The molecule has 3 rings (SSSR count). The number of fused-ring (bicyclic) bond motifs is 1. The van der Waals surface area contributed by atoms with E-state index >= 15 is 0 Å². The van der Waals surface area contributed by atoms with Gasteiger partial charge >= 0.3 is 0 Å². The van der Waals surface area contributed by atoms with Gasteiger partial charge in [-0.05, 0) is 48.9 Å². The number of aromatic nitrogens is 1. The highest BCUT2D eigenvalue weighted by molar-refractivity contribution is 9.10. The first-order chi connectivity index (χ1) is 9.22. The van der Waals surface area contributed by atoms with E-state index in [1.165, 1.54) is 16.5 Å². The van der Waals surface area contributed by atoms with Crippen LogP contribution in [-0.2, 0) is 0 Å². The molecule has 1 aromatic heterocycles. The fourth-order valence-electron chi connectivity index (χ4n) is 2.25. The second-order valence-electron chi connectivity index (χ2n) is 4.70. The van der Waals surface area contributed by atoms with Crippen LogP contribution in [0.2, 0.25) is 0 Å². The molecule has 0 fully saturated rings. The number of nitrogens with one attached hydrogen (secondary N) is 2. The summed E-state index contributed by atoms with van der Waals surface area (Å²) in [5, 5.41) is 4.76. The lowest BCUT2D eigenvalue weighted by molar-refractivity contribution is 0.884. The molecule has 3 aromatic rings. The Kier molecular flexibility index (Phi) is 3.30. The first-order valence-electron chi connectivity index (χ1n) is 6.31. The molecule has 1 unspecified atom stereocenters. The summed E-state index contributed by atoms with van der Waals surface area (Å²) < 4.78 is 1.11. The zero-order chi connectivity index (χ0) is 13.2. The summed E-state index contributed by atoms with van der Waals surface area (Å²) >= 11 is 3.51. The maximum absolute atomic E-state index is 3.53. The molecule has 0 aliphatic rings. The van der Waals surface area contributed by atoms with Crippen LogP contribution in [0.15, 0.2) is 59.2 Å². The summed E-state index contributed by atoms with van der Waals surface area (Å²) in [5.74, 6) is 0. The number of rotatable bonds is 3. The molecule has 3 heteroatoms. The Morgan fingerprint density at radius 1 is 1.11 bits per heavy atom. The Labute approximate surface area is 121 Å². The van der Waals surface area contributed by atoms with Gasteiger partial charge in [0.1, 0.15) is 0 Å². The first-order valence-corrected chi connectivity index (χ1v) is 7.11. The number of halogens is 1. The minimum atomic E-state index is 0.272. The molecule has 0 spiro atoms. The van der Waals surface area contributed by atoms with E-state index in [1.807, 2.05) is 12.3 Å². The van der Waals surface area contributed by atoms with E-state index in [-0.39, 0.29) is 6.04 Å². The van der Waals surface area contributed by atoms with Crippen molar-refractivity contribution in [1.82, 2.24) is 4.98 Å². The topological polar surface area (TPSA) is 27.8 Å². The Morgan fingerprint density at radius 3 is 2.84 bits per heavy atom. The lowest BCUT2D eigenvalue weighted by Gasteiger charge is -2.16. The van der Waals surface area contributed by atoms with Gasteiger partial charge in [-0.2, -0.15) is 0 Å². The molecule has 2 nitrogen and oxygen atoms in total. The van der Waals surface area contributed by atoms with Gasteiger partial charge in [0.15, 0.2) is 0 Å². The average Bonchev–Trinajstić information content (AvgIpc) is 2.86. The first kappa shape index (κ1) is 12.3. The predicted octanol–water partition coefficient (Wildman–Crippen LogP) is 5.10. The van der Waals surface area contributed by atoms with Gasteiger partial charge in [-0.15, -0.1) is 0 Å². The number of aromatic amines is 1. The fraction of sp³-hybridized carbons (Fsp3) is 0.125. The normalized spacial score (nSPS) is 12.5. The van der Waals surface area contributed by atoms with Crippen LogP contribution in [0.4, 0.5) is 5.69 Å². The highest BCUT2D eigenvalue weighted by Crippen LogP contribution is 2.24. The number of hydrogen-bond acceptors (Lipinski definition) is 1. The predicted molar refractivity (Wildman–Crippen MR) is 84.5 cm³/mol. The molecule has 0 saturated heterocycles. The molecule has 2 aromatic carbocycles. The lowest BCUT2D eigenvalue weighted by atomic mass is 10.1. The van der Waals surface area contributed by atoms with E-state index in [4.69, 9.17) is 0 Å². The molecule has 0 aliphatic heterocycles. The summed E-state index contributed by atoms with van der Waals surface area (Å²) in [6.07, 6.45) is 1.96. The molecule has 0 saturated carbocycles. The molecular weight excluding hydrogens is 300 g/mol. The second kappa shape index (κ2) is 5.10. The highest BCUT2D eigenvalue weighted by Gasteiger charge is 2.06. The van der Waals surface area contributed by atoms with Crippen LogP contribution in [0.3, 0.4) is 0 Å². The van der Waals surface area contributed by atoms with Crippen molar-refractivity contribution in [3.63, 3.8) is 0 Å². The third-order valence-corrected chi connectivity index (χ3v) is 3.78. The van der Waals surface area contributed by atoms with Crippen molar-refractivity contribution in [3.05, 3.63) is 64.8 Å². The second-order valence-corrected chi connectivity index (χ2v) is 5.62. The van der Waals surface area contributed by atoms with E-state index in [0.29, 0.717) is 0 Å². The van der Waals surface area contributed by atoms with E-state index in [2.05, 4.69) is 75.6 Å². The van der Waals surface area contributed by atoms with Crippen molar-refractivity contribution in [2.45, 2.75) is 13.0 Å². The Balaban J connectivity index is 1.83. The van der Waals surface area contributed by atoms with Gasteiger partial charge in [0.2, 0.25) is 0 Å². The Hall–Kier alpha value is -1.74. The summed E-state index contributed by atoms with van der Waals surface area (Å²) in [6.45, 7) is 2.17. The van der Waals surface area contributed by atoms with Crippen molar-refractivity contribution >= 4 is 32.5 Å². The fourth-order valence-corrected chi connectivity index (χ4v) is 2.67. The van der Waals surface area contributed by atoms with Crippen molar-refractivity contribution < 1.29 is 0 Å². The van der Waals surface area contributed by atoms with Crippen LogP contribution in [0.1, 0.15) is 18.5 Å². The van der Waals surface area contributed by atoms with Crippen LogP contribution >= 0.6 is 15.9 Å². The van der Waals surface area contributed by atoms with Crippen LogP contribution in [0, 0.1) is 0 Å². The third kappa shape index (κ3) is 2.66. The summed E-state index contributed by atoms with van der Waals surface area (Å²) in [5.41, 5.74) is 3.57. The van der Waals surface area contributed by atoms with Gasteiger partial charge in [0.25, 0.3) is 0 Å². The van der Waals surface area contributed by atoms with E-state index in [0.717, 1.165) is 10.2 Å². The minimum absolute atomic E-state index is 0.272. The third-order valence-electron chi connectivity index (χ3n) is 3.29. The van der Waals surface area contributed by atoms with Crippen molar-refractivity contribution in [3.8, 4) is 0 Å².